The number of aliphatic hydroxyl groups excluding tert-OH is 1. The van der Waals surface area contributed by atoms with Crippen molar-refractivity contribution in [1.82, 2.24) is 0 Å². The number of carboxylic acid groups (broad SMARTS) is 1. The second kappa shape index (κ2) is 5.32. The zero-order chi connectivity index (χ0) is 13.2. The van der Waals surface area contributed by atoms with Gasteiger partial charge in [-0.1, -0.05) is 6.07 Å². The Hall–Kier alpha value is -1.35. The first-order valence-electron chi connectivity index (χ1n) is 5.81. The molecule has 1 unspecified atom stereocenters. The van der Waals surface area contributed by atoms with E-state index in [1.165, 1.54) is 0 Å². The molecule has 3 heteroatoms. The normalized spacial score (nSPS) is 12.5. The average Bonchev–Trinajstić information content (AvgIpc) is 2.25. The molecule has 3 nitrogen and oxygen atoms in total. The van der Waals surface area contributed by atoms with Crippen LogP contribution in [0.4, 0.5) is 0 Å². The fourth-order valence-corrected chi connectivity index (χ4v) is 2.29. The predicted octanol–water partition coefficient (Wildman–Crippen LogP) is 2.47. The van der Waals surface area contributed by atoms with Crippen molar-refractivity contribution < 1.29 is 15.0 Å². The zero-order valence-electron chi connectivity index (χ0n) is 10.9. The average molecular weight is 236 g/mol. The van der Waals surface area contributed by atoms with Gasteiger partial charge in [-0.2, -0.15) is 0 Å². The lowest BCUT2D eigenvalue weighted by molar-refractivity contribution is -0.139. The summed E-state index contributed by atoms with van der Waals surface area (Å²) in [6.07, 6.45) is 0.264. The Morgan fingerprint density at radius 2 is 1.65 bits per heavy atom. The molecule has 0 spiro atoms. The SMILES string of the molecule is Cc1cc(C)c(C)c(C(CCO)C(=O)O)c1C. The van der Waals surface area contributed by atoms with Gasteiger partial charge in [-0.15, -0.1) is 0 Å². The molecule has 17 heavy (non-hydrogen) atoms. The van der Waals surface area contributed by atoms with Gasteiger partial charge in [0.05, 0.1) is 5.92 Å². The third-order valence-electron chi connectivity index (χ3n) is 3.49. The molecule has 0 heterocycles. The monoisotopic (exact) mass is 236 g/mol. The van der Waals surface area contributed by atoms with Crippen molar-refractivity contribution in [3.05, 3.63) is 33.9 Å². The summed E-state index contributed by atoms with van der Waals surface area (Å²) in [6, 6.07) is 2.08. The van der Waals surface area contributed by atoms with Crippen molar-refractivity contribution in [3.63, 3.8) is 0 Å². The molecule has 0 amide bonds. The van der Waals surface area contributed by atoms with Crippen LogP contribution in [0.3, 0.4) is 0 Å². The Balaban J connectivity index is 3.41. The van der Waals surface area contributed by atoms with E-state index in [1.807, 2.05) is 27.7 Å². The Bertz CT molecular complexity index is 409. The maximum absolute atomic E-state index is 11.3. The van der Waals surface area contributed by atoms with Gasteiger partial charge < -0.3 is 10.2 Å². The minimum absolute atomic E-state index is 0.108. The lowest BCUT2D eigenvalue weighted by Gasteiger charge is -2.20. The number of rotatable bonds is 4. The fraction of sp³-hybridized carbons (Fsp3) is 0.500. The molecule has 1 aromatic rings. The second-order valence-electron chi connectivity index (χ2n) is 4.58. The highest BCUT2D eigenvalue weighted by Crippen LogP contribution is 2.30. The quantitative estimate of drug-likeness (QED) is 0.844. The van der Waals surface area contributed by atoms with Crippen LogP contribution in [0.5, 0.6) is 0 Å². The van der Waals surface area contributed by atoms with Gasteiger partial charge in [-0.05, 0) is 61.9 Å². The van der Waals surface area contributed by atoms with Gasteiger partial charge >= 0.3 is 5.97 Å². The van der Waals surface area contributed by atoms with E-state index in [-0.39, 0.29) is 13.0 Å². The van der Waals surface area contributed by atoms with Crippen molar-refractivity contribution in [2.45, 2.75) is 40.0 Å². The van der Waals surface area contributed by atoms with Gasteiger partial charge in [0.1, 0.15) is 0 Å². The topological polar surface area (TPSA) is 57.5 Å². The summed E-state index contributed by atoms with van der Waals surface area (Å²) in [7, 11) is 0. The molecule has 1 aromatic carbocycles. The Morgan fingerprint density at radius 1 is 1.18 bits per heavy atom. The third kappa shape index (κ3) is 2.67. The van der Waals surface area contributed by atoms with E-state index < -0.39 is 11.9 Å². The number of aryl methyl sites for hydroxylation is 2. The molecule has 0 saturated carbocycles. The number of hydrogen-bond donors (Lipinski definition) is 2. The molecule has 1 atom stereocenters. The minimum atomic E-state index is -0.866. The van der Waals surface area contributed by atoms with Crippen molar-refractivity contribution >= 4 is 5.97 Å². The summed E-state index contributed by atoms with van der Waals surface area (Å²) in [5, 5.41) is 18.3. The summed E-state index contributed by atoms with van der Waals surface area (Å²) in [4.78, 5) is 11.3. The van der Waals surface area contributed by atoms with E-state index in [1.54, 1.807) is 0 Å². The van der Waals surface area contributed by atoms with Crippen molar-refractivity contribution in [2.24, 2.45) is 0 Å². The summed E-state index contributed by atoms with van der Waals surface area (Å²) >= 11 is 0. The molecular formula is C14H20O3. The highest BCUT2D eigenvalue weighted by molar-refractivity contribution is 5.77. The predicted molar refractivity (Wildman–Crippen MR) is 67.5 cm³/mol. The van der Waals surface area contributed by atoms with Gasteiger partial charge in [-0.3, -0.25) is 4.79 Å². The van der Waals surface area contributed by atoms with Gasteiger partial charge in [0.25, 0.3) is 0 Å². The Labute approximate surface area is 102 Å². The van der Waals surface area contributed by atoms with Crippen LogP contribution in [0, 0.1) is 27.7 Å². The van der Waals surface area contributed by atoms with Crippen molar-refractivity contribution in [2.75, 3.05) is 6.61 Å². The van der Waals surface area contributed by atoms with Crippen LogP contribution in [-0.2, 0) is 4.79 Å². The molecule has 0 aromatic heterocycles. The van der Waals surface area contributed by atoms with Crippen molar-refractivity contribution in [3.8, 4) is 0 Å². The van der Waals surface area contributed by atoms with Crippen LogP contribution < -0.4 is 0 Å². The van der Waals surface area contributed by atoms with Crippen LogP contribution in [-0.4, -0.2) is 22.8 Å². The largest absolute Gasteiger partial charge is 0.481 e. The van der Waals surface area contributed by atoms with Gasteiger partial charge in [0, 0.05) is 6.61 Å². The van der Waals surface area contributed by atoms with Crippen LogP contribution in [0.15, 0.2) is 6.07 Å². The molecule has 0 aliphatic carbocycles. The maximum Gasteiger partial charge on any atom is 0.311 e. The first-order valence-corrected chi connectivity index (χ1v) is 5.81. The number of benzene rings is 1. The molecule has 0 aliphatic rings. The second-order valence-corrected chi connectivity index (χ2v) is 4.58. The number of carboxylic acids is 1. The number of hydrogen-bond acceptors (Lipinski definition) is 2. The zero-order valence-corrected chi connectivity index (χ0v) is 10.9. The van der Waals surface area contributed by atoms with Gasteiger partial charge in [0.2, 0.25) is 0 Å². The van der Waals surface area contributed by atoms with E-state index in [4.69, 9.17) is 5.11 Å². The van der Waals surface area contributed by atoms with Crippen LogP contribution in [0.25, 0.3) is 0 Å². The molecule has 0 bridgehead atoms. The molecule has 94 valence electrons. The lowest BCUT2D eigenvalue weighted by atomic mass is 9.84. The smallest absolute Gasteiger partial charge is 0.311 e. The summed E-state index contributed by atoms with van der Waals surface area (Å²) in [5.74, 6) is -1.48. The van der Waals surface area contributed by atoms with E-state index in [0.29, 0.717) is 0 Å². The standard InChI is InChI=1S/C14H20O3/c1-8-7-9(2)11(4)13(10(8)3)12(5-6-15)14(16)17/h7,12,15H,5-6H2,1-4H3,(H,16,17). The van der Waals surface area contributed by atoms with Gasteiger partial charge in [0.15, 0.2) is 0 Å². The molecule has 0 saturated heterocycles. The number of aliphatic carboxylic acids is 1. The van der Waals surface area contributed by atoms with Crippen LogP contribution in [0.1, 0.15) is 40.2 Å². The maximum atomic E-state index is 11.3. The molecule has 0 radical (unpaired) electrons. The Kier molecular flexibility index (Phi) is 4.29. The van der Waals surface area contributed by atoms with E-state index in [9.17, 15) is 9.90 Å². The highest BCUT2D eigenvalue weighted by Gasteiger charge is 2.24. The molecule has 0 aliphatic heterocycles. The van der Waals surface area contributed by atoms with Crippen LogP contribution in [0.2, 0.25) is 0 Å². The van der Waals surface area contributed by atoms with Crippen LogP contribution >= 0.6 is 0 Å². The lowest BCUT2D eigenvalue weighted by Crippen LogP contribution is -2.17. The fourth-order valence-electron chi connectivity index (χ4n) is 2.29. The van der Waals surface area contributed by atoms with E-state index in [0.717, 1.165) is 27.8 Å². The molecule has 0 fully saturated rings. The molecular weight excluding hydrogens is 216 g/mol. The summed E-state index contributed by atoms with van der Waals surface area (Å²) in [6.45, 7) is 7.77. The summed E-state index contributed by atoms with van der Waals surface area (Å²) in [5.41, 5.74) is 5.12. The molecule has 2 N–H and O–H groups in total. The highest BCUT2D eigenvalue weighted by atomic mass is 16.4. The van der Waals surface area contributed by atoms with E-state index in [2.05, 4.69) is 6.07 Å². The first-order chi connectivity index (χ1) is 7.90. The third-order valence-corrected chi connectivity index (χ3v) is 3.49. The van der Waals surface area contributed by atoms with E-state index >= 15 is 0 Å². The summed E-state index contributed by atoms with van der Waals surface area (Å²) < 4.78 is 0. The number of aliphatic hydroxyl groups is 1. The minimum Gasteiger partial charge on any atom is -0.481 e. The van der Waals surface area contributed by atoms with Gasteiger partial charge in [-0.25, -0.2) is 0 Å². The van der Waals surface area contributed by atoms with Crippen molar-refractivity contribution in [1.29, 1.82) is 0 Å². The first kappa shape index (κ1) is 13.7. The molecule has 1 rings (SSSR count). The number of carbonyl (C=O) groups is 1. The Morgan fingerprint density at radius 3 is 2.00 bits per heavy atom.